The van der Waals surface area contributed by atoms with Gasteiger partial charge in [0.25, 0.3) is 0 Å². The molecule has 1 aromatic heterocycles. The average molecular weight is 445 g/mol. The summed E-state index contributed by atoms with van der Waals surface area (Å²) in [5.74, 6) is 1.33. The summed E-state index contributed by atoms with van der Waals surface area (Å²) in [6, 6.07) is 27.1. The van der Waals surface area contributed by atoms with E-state index in [1.165, 1.54) is 17.3 Å². The number of carbonyl (C=O) groups excluding carboxylic acids is 1. The van der Waals surface area contributed by atoms with Crippen LogP contribution in [0.4, 0.5) is 5.69 Å². The zero-order chi connectivity index (χ0) is 22.3. The third-order valence-electron chi connectivity index (χ3n) is 4.80. The third-order valence-corrected chi connectivity index (χ3v) is 5.84. The molecule has 0 aliphatic heterocycles. The van der Waals surface area contributed by atoms with Gasteiger partial charge in [0.15, 0.2) is 11.0 Å². The van der Waals surface area contributed by atoms with Gasteiger partial charge in [-0.05, 0) is 50.2 Å². The van der Waals surface area contributed by atoms with E-state index in [1.807, 2.05) is 103 Å². The van der Waals surface area contributed by atoms with Crippen molar-refractivity contribution in [2.75, 3.05) is 5.32 Å². The van der Waals surface area contributed by atoms with Crippen molar-refractivity contribution < 1.29 is 9.53 Å². The first-order valence-corrected chi connectivity index (χ1v) is 11.2. The number of anilines is 1. The number of carbonyl (C=O) groups is 1. The molecule has 0 saturated carbocycles. The summed E-state index contributed by atoms with van der Waals surface area (Å²) in [6.07, 6.45) is 0. The Morgan fingerprint density at radius 1 is 0.969 bits per heavy atom. The van der Waals surface area contributed by atoms with Gasteiger partial charge in [-0.15, -0.1) is 10.2 Å². The van der Waals surface area contributed by atoms with E-state index >= 15 is 0 Å². The van der Waals surface area contributed by atoms with Crippen LogP contribution in [-0.2, 0) is 11.4 Å². The van der Waals surface area contributed by atoms with E-state index in [2.05, 4.69) is 15.5 Å². The summed E-state index contributed by atoms with van der Waals surface area (Å²) < 4.78 is 7.88. The Balaban J connectivity index is 1.53. The van der Waals surface area contributed by atoms with Gasteiger partial charge < -0.3 is 10.1 Å². The van der Waals surface area contributed by atoms with Crippen molar-refractivity contribution in [1.29, 1.82) is 0 Å². The molecule has 32 heavy (non-hydrogen) atoms. The molecule has 0 spiro atoms. The van der Waals surface area contributed by atoms with Crippen molar-refractivity contribution in [2.24, 2.45) is 0 Å². The highest BCUT2D eigenvalue weighted by Crippen LogP contribution is 2.27. The lowest BCUT2D eigenvalue weighted by molar-refractivity contribution is -0.115. The van der Waals surface area contributed by atoms with Gasteiger partial charge in [-0.25, -0.2) is 0 Å². The fraction of sp³-hybridized carbons (Fsp3) is 0.160. The maximum absolute atomic E-state index is 12.7. The van der Waals surface area contributed by atoms with Crippen LogP contribution in [0.25, 0.3) is 5.69 Å². The molecule has 0 unspecified atom stereocenters. The fourth-order valence-corrected chi connectivity index (χ4v) is 3.95. The van der Waals surface area contributed by atoms with E-state index in [0.29, 0.717) is 11.0 Å². The van der Waals surface area contributed by atoms with Gasteiger partial charge in [-0.1, -0.05) is 65.9 Å². The number of amides is 1. The van der Waals surface area contributed by atoms with Gasteiger partial charge in [-0.2, -0.15) is 0 Å². The molecule has 7 heteroatoms. The van der Waals surface area contributed by atoms with Crippen molar-refractivity contribution in [2.45, 2.75) is 30.9 Å². The highest BCUT2D eigenvalue weighted by Gasteiger charge is 2.21. The van der Waals surface area contributed by atoms with Gasteiger partial charge in [0.1, 0.15) is 12.4 Å². The standard InChI is InChI=1S/C25H24N4O2S/c1-18-13-15-22(16-14-18)31-17-23-27-28-25(29(23)21-11-7-4-8-12-21)32-19(2)24(30)26-20-9-5-3-6-10-20/h3-16,19H,17H2,1-2H3,(H,26,30)/t19-/m0/s1. The minimum Gasteiger partial charge on any atom is -0.486 e. The van der Waals surface area contributed by atoms with Crippen LogP contribution in [0.5, 0.6) is 5.75 Å². The number of ether oxygens (including phenoxy) is 1. The van der Waals surface area contributed by atoms with E-state index < -0.39 is 0 Å². The minimum absolute atomic E-state index is 0.0960. The number of hydrogen-bond acceptors (Lipinski definition) is 5. The molecule has 0 bridgehead atoms. The molecule has 0 saturated heterocycles. The van der Waals surface area contributed by atoms with Crippen LogP contribution in [0.2, 0.25) is 0 Å². The normalized spacial score (nSPS) is 11.7. The Kier molecular flexibility index (Phi) is 6.87. The average Bonchev–Trinajstić information content (AvgIpc) is 3.22. The molecule has 1 amide bonds. The summed E-state index contributed by atoms with van der Waals surface area (Å²) in [7, 11) is 0. The predicted octanol–water partition coefficient (Wildman–Crippen LogP) is 5.27. The quantitative estimate of drug-likeness (QED) is 0.375. The monoisotopic (exact) mass is 444 g/mol. The van der Waals surface area contributed by atoms with Crippen LogP contribution >= 0.6 is 11.8 Å². The lowest BCUT2D eigenvalue weighted by atomic mass is 10.2. The first-order chi connectivity index (χ1) is 15.6. The largest absolute Gasteiger partial charge is 0.486 e. The number of nitrogens with zero attached hydrogens (tertiary/aromatic N) is 3. The number of benzene rings is 3. The van der Waals surface area contributed by atoms with Crippen molar-refractivity contribution in [3.05, 3.63) is 96.3 Å². The summed E-state index contributed by atoms with van der Waals surface area (Å²) in [6.45, 7) is 4.15. The second-order valence-corrected chi connectivity index (χ2v) is 8.59. The van der Waals surface area contributed by atoms with Crippen molar-refractivity contribution >= 4 is 23.4 Å². The van der Waals surface area contributed by atoms with Gasteiger partial charge in [-0.3, -0.25) is 9.36 Å². The van der Waals surface area contributed by atoms with Crippen LogP contribution in [0, 0.1) is 6.92 Å². The predicted molar refractivity (Wildman–Crippen MR) is 127 cm³/mol. The number of aromatic nitrogens is 3. The first kappa shape index (κ1) is 21.6. The highest BCUT2D eigenvalue weighted by molar-refractivity contribution is 8.00. The number of thioether (sulfide) groups is 1. The minimum atomic E-state index is -0.368. The number of hydrogen-bond donors (Lipinski definition) is 1. The number of para-hydroxylation sites is 2. The van der Waals surface area contributed by atoms with Crippen LogP contribution < -0.4 is 10.1 Å². The van der Waals surface area contributed by atoms with Gasteiger partial charge in [0.2, 0.25) is 5.91 Å². The molecule has 0 aliphatic rings. The number of rotatable bonds is 8. The Hall–Kier alpha value is -3.58. The molecule has 0 aliphatic carbocycles. The molecule has 162 valence electrons. The van der Waals surface area contributed by atoms with E-state index in [1.54, 1.807) is 0 Å². The van der Waals surface area contributed by atoms with Crippen LogP contribution in [0.15, 0.2) is 90.1 Å². The summed E-state index contributed by atoms with van der Waals surface area (Å²) in [4.78, 5) is 12.7. The molecule has 1 heterocycles. The molecule has 0 fully saturated rings. The number of aryl methyl sites for hydroxylation is 1. The molecule has 1 N–H and O–H groups in total. The van der Waals surface area contributed by atoms with Crippen molar-refractivity contribution in [3.8, 4) is 11.4 Å². The molecule has 4 rings (SSSR count). The SMILES string of the molecule is Cc1ccc(OCc2nnc(S[C@@H](C)C(=O)Nc3ccccc3)n2-c2ccccc2)cc1. The Morgan fingerprint density at radius 2 is 1.62 bits per heavy atom. The lowest BCUT2D eigenvalue weighted by Gasteiger charge is -2.14. The maximum atomic E-state index is 12.7. The highest BCUT2D eigenvalue weighted by atomic mass is 32.2. The van der Waals surface area contributed by atoms with Crippen LogP contribution in [-0.4, -0.2) is 25.9 Å². The van der Waals surface area contributed by atoms with Gasteiger partial charge in [0, 0.05) is 11.4 Å². The maximum Gasteiger partial charge on any atom is 0.237 e. The Labute approximate surface area is 191 Å². The molecule has 6 nitrogen and oxygen atoms in total. The van der Waals surface area contributed by atoms with E-state index in [0.717, 1.165) is 17.1 Å². The summed E-state index contributed by atoms with van der Waals surface area (Å²) >= 11 is 1.36. The summed E-state index contributed by atoms with van der Waals surface area (Å²) in [5.41, 5.74) is 2.85. The summed E-state index contributed by atoms with van der Waals surface area (Å²) in [5, 5.41) is 11.9. The third kappa shape index (κ3) is 5.36. The molecular weight excluding hydrogens is 420 g/mol. The van der Waals surface area contributed by atoms with Crippen molar-refractivity contribution in [3.63, 3.8) is 0 Å². The van der Waals surface area contributed by atoms with E-state index in [9.17, 15) is 4.79 Å². The molecule has 4 aromatic rings. The zero-order valence-electron chi connectivity index (χ0n) is 17.9. The van der Waals surface area contributed by atoms with E-state index in [-0.39, 0.29) is 17.8 Å². The van der Waals surface area contributed by atoms with Crippen molar-refractivity contribution in [1.82, 2.24) is 14.8 Å². The second kappa shape index (κ2) is 10.2. The number of nitrogens with one attached hydrogen (secondary N) is 1. The molecule has 3 aromatic carbocycles. The first-order valence-electron chi connectivity index (χ1n) is 10.3. The molecular formula is C25H24N4O2S. The molecule has 1 atom stereocenters. The fourth-order valence-electron chi connectivity index (χ4n) is 3.07. The Morgan fingerprint density at radius 3 is 2.31 bits per heavy atom. The van der Waals surface area contributed by atoms with Crippen LogP contribution in [0.3, 0.4) is 0 Å². The second-order valence-electron chi connectivity index (χ2n) is 7.29. The topological polar surface area (TPSA) is 69.0 Å². The lowest BCUT2D eigenvalue weighted by Crippen LogP contribution is -2.22. The Bertz CT molecular complexity index is 1160. The van der Waals surface area contributed by atoms with Crippen LogP contribution in [0.1, 0.15) is 18.3 Å². The van der Waals surface area contributed by atoms with Gasteiger partial charge in [0.05, 0.1) is 5.25 Å². The smallest absolute Gasteiger partial charge is 0.237 e. The zero-order valence-corrected chi connectivity index (χ0v) is 18.8. The molecule has 0 radical (unpaired) electrons. The van der Waals surface area contributed by atoms with Gasteiger partial charge >= 0.3 is 0 Å². The van der Waals surface area contributed by atoms with E-state index in [4.69, 9.17) is 4.74 Å².